The Kier molecular flexibility index (Phi) is 5.66. The molecule has 1 saturated carbocycles. The van der Waals surface area contributed by atoms with Gasteiger partial charge < -0.3 is 5.32 Å². The zero-order chi connectivity index (χ0) is 22.5. The van der Waals surface area contributed by atoms with Crippen molar-refractivity contribution >= 4 is 28.9 Å². The fraction of sp³-hybridized carbons (Fsp3) is 0.259. The summed E-state index contributed by atoms with van der Waals surface area (Å²) in [5.74, 6) is -0.0109. The van der Waals surface area contributed by atoms with Crippen LogP contribution in [-0.4, -0.2) is 4.87 Å². The predicted octanol–water partition coefficient (Wildman–Crippen LogP) is 8.41. The SMILES string of the molecule is C=C(Nc1ccc(C)c(-c2cc(C)cc(F)c2)c1)C1C(c2cc(C)cc(Cl)c2)C1(C)Cl. The van der Waals surface area contributed by atoms with Gasteiger partial charge in [-0.05, 0) is 97.5 Å². The zero-order valence-electron chi connectivity index (χ0n) is 18.2. The first-order valence-corrected chi connectivity index (χ1v) is 11.1. The van der Waals surface area contributed by atoms with Crippen molar-refractivity contribution in [3.05, 3.63) is 100.0 Å². The Morgan fingerprint density at radius 2 is 1.71 bits per heavy atom. The van der Waals surface area contributed by atoms with Gasteiger partial charge in [0.05, 0.1) is 4.87 Å². The third-order valence-corrected chi connectivity index (χ3v) is 6.82. The smallest absolute Gasteiger partial charge is 0.124 e. The van der Waals surface area contributed by atoms with Crippen LogP contribution < -0.4 is 5.32 Å². The van der Waals surface area contributed by atoms with Crippen molar-refractivity contribution in [2.24, 2.45) is 5.92 Å². The molecule has 0 saturated heterocycles. The summed E-state index contributed by atoms with van der Waals surface area (Å²) in [6.45, 7) is 12.3. The molecule has 1 aliphatic carbocycles. The maximum Gasteiger partial charge on any atom is 0.124 e. The summed E-state index contributed by atoms with van der Waals surface area (Å²) in [6.07, 6.45) is 0. The molecule has 31 heavy (non-hydrogen) atoms. The van der Waals surface area contributed by atoms with E-state index in [2.05, 4.69) is 18.0 Å². The summed E-state index contributed by atoms with van der Waals surface area (Å²) < 4.78 is 14.0. The number of hydrogen-bond donors (Lipinski definition) is 1. The van der Waals surface area contributed by atoms with Crippen molar-refractivity contribution < 1.29 is 4.39 Å². The first kappa shape index (κ1) is 21.9. The number of anilines is 1. The van der Waals surface area contributed by atoms with Gasteiger partial charge in [0.2, 0.25) is 0 Å². The van der Waals surface area contributed by atoms with Gasteiger partial charge in [-0.25, -0.2) is 4.39 Å². The average Bonchev–Trinajstić information content (AvgIpc) is 3.24. The summed E-state index contributed by atoms with van der Waals surface area (Å²) in [7, 11) is 0. The molecular weight excluding hydrogens is 428 g/mol. The van der Waals surface area contributed by atoms with Crippen LogP contribution in [0.5, 0.6) is 0 Å². The molecule has 3 aromatic carbocycles. The first-order valence-electron chi connectivity index (χ1n) is 10.4. The van der Waals surface area contributed by atoms with Crippen molar-refractivity contribution in [2.45, 2.75) is 38.5 Å². The maximum atomic E-state index is 14.0. The van der Waals surface area contributed by atoms with Crippen LogP contribution in [0.25, 0.3) is 11.1 Å². The van der Waals surface area contributed by atoms with E-state index in [9.17, 15) is 4.39 Å². The Bertz CT molecular complexity index is 1140. The molecular formula is C27H26Cl2FN. The highest BCUT2D eigenvalue weighted by atomic mass is 35.5. The number of rotatable bonds is 5. The Labute approximate surface area is 193 Å². The van der Waals surface area contributed by atoms with Gasteiger partial charge in [-0.1, -0.05) is 36.4 Å². The number of hydrogen-bond acceptors (Lipinski definition) is 1. The van der Waals surface area contributed by atoms with Crippen molar-refractivity contribution in [1.29, 1.82) is 0 Å². The molecule has 0 amide bonds. The van der Waals surface area contributed by atoms with E-state index in [0.29, 0.717) is 0 Å². The zero-order valence-corrected chi connectivity index (χ0v) is 19.7. The standard InChI is InChI=1S/C27H26Cl2FN/c1-15-9-20(12-21(28)10-15)26-25(27(26,5)29)18(4)31-23-7-6-17(3)24(14-23)19-8-16(2)11-22(30)13-19/h6-14,25-26,31H,4H2,1-3,5H3. The highest BCUT2D eigenvalue weighted by Gasteiger charge is 2.62. The number of nitrogens with one attached hydrogen (secondary N) is 1. The first-order chi connectivity index (χ1) is 14.6. The quantitative estimate of drug-likeness (QED) is 0.382. The summed E-state index contributed by atoms with van der Waals surface area (Å²) in [6, 6.07) is 17.3. The minimum Gasteiger partial charge on any atom is -0.359 e. The second kappa shape index (κ2) is 8.00. The molecule has 0 bridgehead atoms. The lowest BCUT2D eigenvalue weighted by molar-refractivity contribution is 0.627. The molecule has 3 aromatic rings. The molecule has 1 nitrogen and oxygen atoms in total. The van der Waals surface area contributed by atoms with Crippen LogP contribution in [0.4, 0.5) is 10.1 Å². The van der Waals surface area contributed by atoms with E-state index < -0.39 is 4.87 Å². The van der Waals surface area contributed by atoms with E-state index >= 15 is 0 Å². The predicted molar refractivity (Wildman–Crippen MR) is 131 cm³/mol. The Morgan fingerprint density at radius 1 is 1.00 bits per heavy atom. The molecule has 1 aliphatic rings. The van der Waals surface area contributed by atoms with Gasteiger partial charge in [0.25, 0.3) is 0 Å². The van der Waals surface area contributed by atoms with Crippen molar-refractivity contribution in [1.82, 2.24) is 0 Å². The number of benzene rings is 3. The van der Waals surface area contributed by atoms with Gasteiger partial charge in [-0.2, -0.15) is 0 Å². The second-order valence-corrected chi connectivity index (χ2v) is 10.1. The van der Waals surface area contributed by atoms with E-state index in [0.717, 1.165) is 49.8 Å². The Morgan fingerprint density at radius 3 is 2.39 bits per heavy atom. The average molecular weight is 454 g/mol. The summed E-state index contributed by atoms with van der Waals surface area (Å²) in [5, 5.41) is 4.17. The monoisotopic (exact) mass is 453 g/mol. The number of halogens is 3. The lowest BCUT2D eigenvalue weighted by atomic mass is 9.98. The van der Waals surface area contributed by atoms with Crippen LogP contribution in [0.1, 0.15) is 35.1 Å². The van der Waals surface area contributed by atoms with E-state index in [1.165, 1.54) is 6.07 Å². The molecule has 1 N–H and O–H groups in total. The van der Waals surface area contributed by atoms with Crippen LogP contribution in [-0.2, 0) is 0 Å². The van der Waals surface area contributed by atoms with Crippen LogP contribution in [0.3, 0.4) is 0 Å². The number of alkyl halides is 1. The Balaban J connectivity index is 1.59. The molecule has 0 aliphatic heterocycles. The molecule has 4 heteroatoms. The van der Waals surface area contributed by atoms with Crippen LogP contribution >= 0.6 is 23.2 Å². The van der Waals surface area contributed by atoms with Crippen molar-refractivity contribution in [3.8, 4) is 11.1 Å². The van der Waals surface area contributed by atoms with E-state index in [4.69, 9.17) is 23.2 Å². The van der Waals surface area contributed by atoms with Gasteiger partial charge in [0, 0.05) is 28.2 Å². The molecule has 0 aromatic heterocycles. The largest absolute Gasteiger partial charge is 0.359 e. The summed E-state index contributed by atoms with van der Waals surface area (Å²) >= 11 is 13.2. The van der Waals surface area contributed by atoms with Crippen molar-refractivity contribution in [3.63, 3.8) is 0 Å². The lowest BCUT2D eigenvalue weighted by Gasteiger charge is -2.14. The minimum absolute atomic E-state index is 0.0770. The summed E-state index contributed by atoms with van der Waals surface area (Å²) in [4.78, 5) is -0.422. The molecule has 3 unspecified atom stereocenters. The molecule has 0 radical (unpaired) electrons. The third kappa shape index (κ3) is 4.37. The third-order valence-electron chi connectivity index (χ3n) is 6.14. The molecule has 160 valence electrons. The van der Waals surface area contributed by atoms with E-state index in [1.54, 1.807) is 6.07 Å². The second-order valence-electron chi connectivity index (χ2n) is 8.87. The van der Waals surface area contributed by atoms with Gasteiger partial charge in [-0.3, -0.25) is 0 Å². The molecule has 0 spiro atoms. The fourth-order valence-corrected chi connectivity index (χ4v) is 5.40. The normalized spacial score (nSPS) is 22.3. The number of aryl methyl sites for hydroxylation is 3. The Hall–Kier alpha value is -2.29. The lowest BCUT2D eigenvalue weighted by Crippen LogP contribution is -2.05. The van der Waals surface area contributed by atoms with Gasteiger partial charge in [-0.15, -0.1) is 11.6 Å². The molecule has 1 fully saturated rings. The molecule has 4 rings (SSSR count). The highest BCUT2D eigenvalue weighted by molar-refractivity contribution is 6.31. The number of allylic oxidation sites excluding steroid dienone is 1. The van der Waals surface area contributed by atoms with Crippen LogP contribution in [0.15, 0.2) is 66.9 Å². The van der Waals surface area contributed by atoms with Gasteiger partial charge in [0.15, 0.2) is 0 Å². The van der Waals surface area contributed by atoms with Gasteiger partial charge in [0.1, 0.15) is 5.82 Å². The summed E-state index contributed by atoms with van der Waals surface area (Å²) in [5.41, 5.74) is 7.87. The van der Waals surface area contributed by atoms with Crippen LogP contribution in [0.2, 0.25) is 5.02 Å². The van der Waals surface area contributed by atoms with Gasteiger partial charge >= 0.3 is 0 Å². The van der Waals surface area contributed by atoms with Crippen LogP contribution in [0, 0.1) is 32.5 Å². The van der Waals surface area contributed by atoms with E-state index in [-0.39, 0.29) is 17.7 Å². The molecule has 3 atom stereocenters. The topological polar surface area (TPSA) is 12.0 Å². The molecule has 0 heterocycles. The highest BCUT2D eigenvalue weighted by Crippen LogP contribution is 2.64. The minimum atomic E-state index is -0.422. The van der Waals surface area contributed by atoms with Crippen molar-refractivity contribution in [2.75, 3.05) is 5.32 Å². The fourth-order valence-electron chi connectivity index (χ4n) is 4.65. The van der Waals surface area contributed by atoms with E-state index in [1.807, 2.05) is 64.1 Å². The maximum absolute atomic E-state index is 14.0.